The van der Waals surface area contributed by atoms with Crippen molar-refractivity contribution < 1.29 is 4.79 Å². The van der Waals surface area contributed by atoms with Crippen LogP contribution in [-0.4, -0.2) is 29.4 Å². The van der Waals surface area contributed by atoms with E-state index in [1.807, 2.05) is 0 Å². The van der Waals surface area contributed by atoms with Crippen LogP contribution in [0.1, 0.15) is 32.1 Å². The molecule has 4 fully saturated rings. The van der Waals surface area contributed by atoms with Gasteiger partial charge in [0, 0.05) is 12.1 Å². The number of carbonyl (C=O) groups is 1. The molecule has 0 spiro atoms. The normalized spacial score (nSPS) is 48.1. The van der Waals surface area contributed by atoms with Crippen LogP contribution in [0.5, 0.6) is 0 Å². The zero-order valence-corrected chi connectivity index (χ0v) is 8.43. The number of rotatable bonds is 2. The fourth-order valence-electron chi connectivity index (χ4n) is 4.12. The third-order valence-electron chi connectivity index (χ3n) is 4.42. The Hall–Kier alpha value is -0.410. The van der Waals surface area contributed by atoms with Crippen LogP contribution in [0, 0.1) is 11.8 Å². The maximum atomic E-state index is 10.8. The first-order chi connectivity index (χ1) is 6.78. The lowest BCUT2D eigenvalue weighted by Gasteiger charge is -2.57. The van der Waals surface area contributed by atoms with E-state index in [1.165, 1.54) is 32.1 Å². The maximum absolute atomic E-state index is 10.8. The number of nitrogens with zero attached hydrogens (tertiary/aromatic N) is 1. The number of hydrogen-bond acceptors (Lipinski definition) is 3. The van der Waals surface area contributed by atoms with Gasteiger partial charge in [-0.25, -0.2) is 0 Å². The first-order valence-corrected chi connectivity index (χ1v) is 5.76. The lowest BCUT2D eigenvalue weighted by molar-refractivity contribution is -0.124. The van der Waals surface area contributed by atoms with Gasteiger partial charge in [0.05, 0.1) is 0 Å². The summed E-state index contributed by atoms with van der Waals surface area (Å²) >= 11 is 0. The molecule has 0 aromatic heterocycles. The molecule has 2 N–H and O–H groups in total. The molecule has 2 saturated carbocycles. The molecule has 3 heteroatoms. The zero-order valence-electron chi connectivity index (χ0n) is 8.43. The molecular weight excluding hydrogens is 176 g/mol. The first-order valence-electron chi connectivity index (χ1n) is 5.76. The summed E-state index contributed by atoms with van der Waals surface area (Å²) in [5.74, 6) is 1.88. The highest BCUT2D eigenvalue weighted by atomic mass is 16.1. The standard InChI is InChI=1S/C11H18N2O/c12-11(6-14)13-9-2-7-1-8(4-9)5-10(13)3-7/h6-11H,1-5,12H2. The van der Waals surface area contributed by atoms with Gasteiger partial charge in [-0.05, 0) is 43.9 Å². The Balaban J connectivity index is 1.84. The van der Waals surface area contributed by atoms with Crippen LogP contribution in [0.25, 0.3) is 0 Å². The molecule has 0 amide bonds. The zero-order chi connectivity index (χ0) is 9.71. The van der Waals surface area contributed by atoms with Gasteiger partial charge in [0.25, 0.3) is 0 Å². The summed E-state index contributed by atoms with van der Waals surface area (Å²) in [5.41, 5.74) is 5.86. The fourth-order valence-corrected chi connectivity index (χ4v) is 4.12. The van der Waals surface area contributed by atoms with E-state index in [9.17, 15) is 4.79 Å². The minimum absolute atomic E-state index is 0.343. The molecule has 4 rings (SSSR count). The van der Waals surface area contributed by atoms with Crippen molar-refractivity contribution >= 4 is 6.29 Å². The van der Waals surface area contributed by atoms with Gasteiger partial charge in [0.2, 0.25) is 0 Å². The van der Waals surface area contributed by atoms with Gasteiger partial charge in [-0.2, -0.15) is 0 Å². The summed E-state index contributed by atoms with van der Waals surface area (Å²) in [7, 11) is 0. The summed E-state index contributed by atoms with van der Waals surface area (Å²) in [6.45, 7) is 0. The van der Waals surface area contributed by atoms with Gasteiger partial charge in [0.1, 0.15) is 6.17 Å². The molecule has 14 heavy (non-hydrogen) atoms. The van der Waals surface area contributed by atoms with Crippen LogP contribution in [0.2, 0.25) is 0 Å². The molecular formula is C11H18N2O. The summed E-state index contributed by atoms with van der Waals surface area (Å²) in [6.07, 6.45) is 7.15. The van der Waals surface area contributed by atoms with E-state index in [0.29, 0.717) is 12.1 Å². The lowest BCUT2D eigenvalue weighted by atomic mass is 9.63. The summed E-state index contributed by atoms with van der Waals surface area (Å²) in [5, 5.41) is 0. The van der Waals surface area contributed by atoms with E-state index in [0.717, 1.165) is 18.1 Å². The third kappa shape index (κ3) is 1.15. The van der Waals surface area contributed by atoms with Crippen molar-refractivity contribution in [2.24, 2.45) is 17.6 Å². The van der Waals surface area contributed by atoms with Crippen LogP contribution in [0.15, 0.2) is 0 Å². The van der Waals surface area contributed by atoms with Crippen molar-refractivity contribution in [3.8, 4) is 0 Å². The topological polar surface area (TPSA) is 46.3 Å². The molecule has 2 aliphatic carbocycles. The Morgan fingerprint density at radius 3 is 2.00 bits per heavy atom. The van der Waals surface area contributed by atoms with E-state index >= 15 is 0 Å². The number of hydrogen-bond donors (Lipinski definition) is 1. The molecule has 78 valence electrons. The number of nitrogens with two attached hydrogens (primary N) is 1. The SMILES string of the molecule is NC(C=O)N1C2CC3CC(C2)CC1C3. The molecule has 2 heterocycles. The second-order valence-electron chi connectivity index (χ2n) is 5.29. The molecule has 1 unspecified atom stereocenters. The van der Waals surface area contributed by atoms with Crippen molar-refractivity contribution in [3.05, 3.63) is 0 Å². The van der Waals surface area contributed by atoms with Gasteiger partial charge in [-0.3, -0.25) is 4.90 Å². The lowest BCUT2D eigenvalue weighted by Crippen LogP contribution is -2.63. The largest absolute Gasteiger partial charge is 0.310 e. The van der Waals surface area contributed by atoms with Crippen LogP contribution in [0.3, 0.4) is 0 Å². The number of aldehydes is 1. The van der Waals surface area contributed by atoms with E-state index < -0.39 is 0 Å². The molecule has 0 radical (unpaired) electrons. The van der Waals surface area contributed by atoms with Crippen molar-refractivity contribution in [1.82, 2.24) is 4.90 Å². The van der Waals surface area contributed by atoms with Crippen molar-refractivity contribution in [2.45, 2.75) is 50.4 Å². The highest BCUT2D eigenvalue weighted by Crippen LogP contribution is 2.49. The highest BCUT2D eigenvalue weighted by Gasteiger charge is 2.48. The van der Waals surface area contributed by atoms with E-state index in [-0.39, 0.29) is 6.17 Å². The van der Waals surface area contributed by atoms with Gasteiger partial charge < -0.3 is 10.5 Å². The minimum Gasteiger partial charge on any atom is -0.310 e. The predicted octanol–water partition coefficient (Wildman–Crippen LogP) is 0.733. The van der Waals surface area contributed by atoms with Gasteiger partial charge in [0.15, 0.2) is 6.29 Å². The smallest absolute Gasteiger partial charge is 0.151 e. The number of piperidine rings is 2. The molecule has 0 aromatic rings. The van der Waals surface area contributed by atoms with Crippen LogP contribution < -0.4 is 5.73 Å². The Kier molecular flexibility index (Phi) is 1.92. The first kappa shape index (κ1) is 8.86. The van der Waals surface area contributed by atoms with E-state index in [4.69, 9.17) is 5.73 Å². The van der Waals surface area contributed by atoms with Crippen LogP contribution in [0.4, 0.5) is 0 Å². The average molecular weight is 194 g/mol. The molecule has 3 nitrogen and oxygen atoms in total. The second-order valence-corrected chi connectivity index (χ2v) is 5.29. The Morgan fingerprint density at radius 2 is 1.57 bits per heavy atom. The second kappa shape index (κ2) is 3.04. The highest BCUT2D eigenvalue weighted by molar-refractivity contribution is 5.56. The summed E-state index contributed by atoms with van der Waals surface area (Å²) in [4.78, 5) is 13.1. The maximum Gasteiger partial charge on any atom is 0.151 e. The quantitative estimate of drug-likeness (QED) is 0.659. The molecule has 2 saturated heterocycles. The molecule has 0 aromatic carbocycles. The third-order valence-corrected chi connectivity index (χ3v) is 4.42. The fraction of sp³-hybridized carbons (Fsp3) is 0.909. The molecule has 1 atom stereocenters. The van der Waals surface area contributed by atoms with Crippen LogP contribution in [-0.2, 0) is 4.79 Å². The Bertz CT molecular complexity index is 226. The number of carbonyl (C=O) groups excluding carboxylic acids is 1. The molecule has 2 aliphatic heterocycles. The Labute approximate surface area is 84.6 Å². The van der Waals surface area contributed by atoms with Crippen LogP contribution >= 0.6 is 0 Å². The van der Waals surface area contributed by atoms with E-state index in [1.54, 1.807) is 0 Å². The minimum atomic E-state index is -0.343. The molecule has 4 aliphatic rings. The van der Waals surface area contributed by atoms with Gasteiger partial charge >= 0.3 is 0 Å². The Morgan fingerprint density at radius 1 is 1.07 bits per heavy atom. The molecule has 4 bridgehead atoms. The van der Waals surface area contributed by atoms with Gasteiger partial charge in [-0.15, -0.1) is 0 Å². The van der Waals surface area contributed by atoms with Crippen molar-refractivity contribution in [2.75, 3.05) is 0 Å². The predicted molar refractivity (Wildman–Crippen MR) is 53.5 cm³/mol. The average Bonchev–Trinajstić information content (AvgIpc) is 2.15. The van der Waals surface area contributed by atoms with Gasteiger partial charge in [-0.1, -0.05) is 0 Å². The summed E-state index contributed by atoms with van der Waals surface area (Å²) in [6, 6.07) is 1.23. The van der Waals surface area contributed by atoms with Crippen molar-refractivity contribution in [3.63, 3.8) is 0 Å². The van der Waals surface area contributed by atoms with E-state index in [2.05, 4.69) is 4.90 Å². The summed E-state index contributed by atoms with van der Waals surface area (Å²) < 4.78 is 0. The monoisotopic (exact) mass is 194 g/mol. The van der Waals surface area contributed by atoms with Crippen molar-refractivity contribution in [1.29, 1.82) is 0 Å².